The first-order chi connectivity index (χ1) is 8.65. The van der Waals surface area contributed by atoms with Crippen LogP contribution in [0, 0.1) is 0 Å². The molecule has 0 aliphatic heterocycles. The second-order valence-corrected chi connectivity index (χ2v) is 4.93. The van der Waals surface area contributed by atoms with Crippen molar-refractivity contribution in [3.05, 3.63) is 59.7 Å². The maximum Gasteiger partial charge on any atom is 0.0361 e. The van der Waals surface area contributed by atoms with E-state index in [1.165, 1.54) is 16.8 Å². The zero-order valence-electron chi connectivity index (χ0n) is 10.7. The van der Waals surface area contributed by atoms with Gasteiger partial charge in [-0.25, -0.2) is 0 Å². The Balaban J connectivity index is 2.11. The largest absolute Gasteiger partial charge is 0.378 e. The summed E-state index contributed by atoms with van der Waals surface area (Å²) >= 11 is 4.27. The molecule has 0 saturated carbocycles. The molecule has 1 nitrogen and oxygen atoms in total. The van der Waals surface area contributed by atoms with Crippen LogP contribution < -0.4 is 4.90 Å². The summed E-state index contributed by atoms with van der Waals surface area (Å²) in [6.07, 6.45) is 4.23. The van der Waals surface area contributed by atoms with Gasteiger partial charge in [0.25, 0.3) is 0 Å². The first-order valence-corrected chi connectivity index (χ1v) is 6.34. The van der Waals surface area contributed by atoms with Crippen LogP contribution in [0.3, 0.4) is 0 Å². The third-order valence-corrected chi connectivity index (χ3v) is 3.07. The number of nitrogens with zero attached hydrogens (tertiary/aromatic N) is 1. The highest BCUT2D eigenvalue weighted by Crippen LogP contribution is 2.15. The van der Waals surface area contributed by atoms with Gasteiger partial charge in [-0.2, -0.15) is 0 Å². The van der Waals surface area contributed by atoms with E-state index >= 15 is 0 Å². The quantitative estimate of drug-likeness (QED) is 0.635. The van der Waals surface area contributed by atoms with Crippen LogP contribution >= 0.6 is 12.6 Å². The fourth-order valence-electron chi connectivity index (χ4n) is 1.66. The van der Waals surface area contributed by atoms with Crippen LogP contribution in [-0.4, -0.2) is 14.1 Å². The summed E-state index contributed by atoms with van der Waals surface area (Å²) in [5.74, 6) is 0. The highest BCUT2D eigenvalue weighted by molar-refractivity contribution is 7.80. The van der Waals surface area contributed by atoms with Crippen LogP contribution in [0.25, 0.3) is 12.2 Å². The number of rotatable bonds is 3. The standard InChI is InChI=1S/C16H17NS/c1-17(2)15-9-5-13(6-10-15)3-4-14-7-11-16(18)12-8-14/h3-12,18H,1-2H3/b4-3+. The van der Waals surface area contributed by atoms with Crippen molar-refractivity contribution in [3.8, 4) is 0 Å². The van der Waals surface area contributed by atoms with Crippen molar-refractivity contribution in [2.24, 2.45) is 0 Å². The van der Waals surface area contributed by atoms with Crippen LogP contribution in [-0.2, 0) is 0 Å². The van der Waals surface area contributed by atoms with Crippen LogP contribution in [0.4, 0.5) is 5.69 Å². The molecule has 2 heteroatoms. The van der Waals surface area contributed by atoms with Gasteiger partial charge in [-0.3, -0.25) is 0 Å². The first-order valence-electron chi connectivity index (χ1n) is 5.90. The molecule has 18 heavy (non-hydrogen) atoms. The number of thiol groups is 1. The lowest BCUT2D eigenvalue weighted by atomic mass is 10.1. The highest BCUT2D eigenvalue weighted by atomic mass is 32.1. The lowest BCUT2D eigenvalue weighted by Gasteiger charge is -2.11. The average molecular weight is 255 g/mol. The topological polar surface area (TPSA) is 3.24 Å². The maximum absolute atomic E-state index is 4.27. The van der Waals surface area contributed by atoms with Crippen LogP contribution in [0.2, 0.25) is 0 Å². The zero-order valence-corrected chi connectivity index (χ0v) is 11.6. The molecule has 2 aromatic rings. The summed E-state index contributed by atoms with van der Waals surface area (Å²) in [6.45, 7) is 0. The third kappa shape index (κ3) is 3.41. The molecule has 0 fully saturated rings. The Bertz CT molecular complexity index is 524. The smallest absolute Gasteiger partial charge is 0.0361 e. The second kappa shape index (κ2) is 5.78. The van der Waals surface area contributed by atoms with E-state index in [4.69, 9.17) is 0 Å². The molecule has 0 aromatic heterocycles. The van der Waals surface area contributed by atoms with Crippen LogP contribution in [0.1, 0.15) is 11.1 Å². The molecule has 0 heterocycles. The fourth-order valence-corrected chi connectivity index (χ4v) is 1.81. The van der Waals surface area contributed by atoms with Gasteiger partial charge in [0.2, 0.25) is 0 Å². The van der Waals surface area contributed by atoms with E-state index in [0.29, 0.717) is 0 Å². The van der Waals surface area contributed by atoms with Crippen molar-refractivity contribution in [2.45, 2.75) is 4.90 Å². The Morgan fingerprint density at radius 1 is 0.778 bits per heavy atom. The highest BCUT2D eigenvalue weighted by Gasteiger charge is 1.93. The molecule has 0 spiro atoms. The molecule has 0 atom stereocenters. The predicted octanol–water partition coefficient (Wildman–Crippen LogP) is 4.21. The lowest BCUT2D eigenvalue weighted by Crippen LogP contribution is -2.07. The minimum absolute atomic E-state index is 0.988. The van der Waals surface area contributed by atoms with Crippen LogP contribution in [0.5, 0.6) is 0 Å². The van der Waals surface area contributed by atoms with Crippen molar-refractivity contribution in [2.75, 3.05) is 19.0 Å². The van der Waals surface area contributed by atoms with Gasteiger partial charge in [0.05, 0.1) is 0 Å². The van der Waals surface area contributed by atoms with E-state index in [-0.39, 0.29) is 0 Å². The molecule has 2 rings (SSSR count). The Kier molecular flexibility index (Phi) is 4.11. The average Bonchev–Trinajstić information content (AvgIpc) is 2.38. The summed E-state index contributed by atoms with van der Waals surface area (Å²) in [5.41, 5.74) is 3.60. The van der Waals surface area contributed by atoms with Gasteiger partial charge in [0, 0.05) is 24.7 Å². The fraction of sp³-hybridized carbons (Fsp3) is 0.125. The minimum Gasteiger partial charge on any atom is -0.378 e. The summed E-state index contributed by atoms with van der Waals surface area (Å²) in [4.78, 5) is 3.08. The molecule has 0 bridgehead atoms. The van der Waals surface area contributed by atoms with Crippen LogP contribution in [0.15, 0.2) is 53.4 Å². The van der Waals surface area contributed by atoms with E-state index in [2.05, 4.69) is 66.1 Å². The zero-order chi connectivity index (χ0) is 13.0. The summed E-state index contributed by atoms with van der Waals surface area (Å²) in [6, 6.07) is 16.6. The number of hydrogen-bond acceptors (Lipinski definition) is 2. The Hall–Kier alpha value is -1.67. The summed E-state index contributed by atoms with van der Waals surface area (Å²) in [7, 11) is 4.09. The normalized spacial score (nSPS) is 10.8. The van der Waals surface area contributed by atoms with Crippen molar-refractivity contribution in [1.82, 2.24) is 0 Å². The molecule has 0 amide bonds. The minimum atomic E-state index is 0.988. The van der Waals surface area contributed by atoms with Gasteiger partial charge in [-0.1, -0.05) is 36.4 Å². The van der Waals surface area contributed by atoms with Crippen molar-refractivity contribution in [1.29, 1.82) is 0 Å². The molecule has 0 aliphatic rings. The number of benzene rings is 2. The van der Waals surface area contributed by atoms with Crippen molar-refractivity contribution in [3.63, 3.8) is 0 Å². The summed E-state index contributed by atoms with van der Waals surface area (Å²) in [5, 5.41) is 0. The van der Waals surface area contributed by atoms with Crippen molar-refractivity contribution >= 4 is 30.5 Å². The molecular weight excluding hydrogens is 238 g/mol. The number of anilines is 1. The summed E-state index contributed by atoms with van der Waals surface area (Å²) < 4.78 is 0. The Labute approximate surface area is 114 Å². The molecule has 0 radical (unpaired) electrons. The molecule has 0 unspecified atom stereocenters. The van der Waals surface area contributed by atoms with Gasteiger partial charge >= 0.3 is 0 Å². The van der Waals surface area contributed by atoms with Gasteiger partial charge in [-0.05, 0) is 35.4 Å². The SMILES string of the molecule is CN(C)c1ccc(/C=C/c2ccc(S)cc2)cc1. The first kappa shape index (κ1) is 12.8. The molecule has 0 aliphatic carbocycles. The Morgan fingerprint density at radius 2 is 1.22 bits per heavy atom. The van der Waals surface area contributed by atoms with Gasteiger partial charge in [0.1, 0.15) is 0 Å². The van der Waals surface area contributed by atoms with Gasteiger partial charge in [-0.15, -0.1) is 12.6 Å². The maximum atomic E-state index is 4.27. The monoisotopic (exact) mass is 255 g/mol. The number of hydrogen-bond donors (Lipinski definition) is 1. The molecule has 0 N–H and O–H groups in total. The molecule has 2 aromatic carbocycles. The Morgan fingerprint density at radius 3 is 1.67 bits per heavy atom. The third-order valence-electron chi connectivity index (χ3n) is 2.77. The van der Waals surface area contributed by atoms with Crippen molar-refractivity contribution < 1.29 is 0 Å². The molecule has 92 valence electrons. The van der Waals surface area contributed by atoms with Gasteiger partial charge < -0.3 is 4.90 Å². The lowest BCUT2D eigenvalue weighted by molar-refractivity contribution is 1.13. The van der Waals surface area contributed by atoms with E-state index in [0.717, 1.165) is 4.90 Å². The predicted molar refractivity (Wildman–Crippen MR) is 83.4 cm³/mol. The molecular formula is C16H17NS. The van der Waals surface area contributed by atoms with E-state index in [1.54, 1.807) is 0 Å². The second-order valence-electron chi connectivity index (χ2n) is 4.41. The van der Waals surface area contributed by atoms with Gasteiger partial charge in [0.15, 0.2) is 0 Å². The van der Waals surface area contributed by atoms with E-state index in [9.17, 15) is 0 Å². The van der Waals surface area contributed by atoms with E-state index in [1.807, 2.05) is 26.2 Å². The van der Waals surface area contributed by atoms with E-state index < -0.39 is 0 Å². The molecule has 0 saturated heterocycles.